The first kappa shape index (κ1) is 21.9. The van der Waals surface area contributed by atoms with E-state index in [0.29, 0.717) is 31.6 Å². The first-order chi connectivity index (χ1) is 9.88. The van der Waals surface area contributed by atoms with Crippen LogP contribution in [0.5, 0.6) is 0 Å². The lowest BCUT2D eigenvalue weighted by Gasteiger charge is -2.13. The van der Waals surface area contributed by atoms with Crippen molar-refractivity contribution in [1.29, 1.82) is 0 Å². The minimum Gasteiger partial charge on any atom is -0.391 e. The fourth-order valence-electron chi connectivity index (χ4n) is 2.74. The van der Waals surface area contributed by atoms with Crippen LogP contribution >= 0.6 is 24.8 Å². The van der Waals surface area contributed by atoms with Crippen LogP contribution in [0.15, 0.2) is 10.9 Å². The van der Waals surface area contributed by atoms with Gasteiger partial charge in [-0.25, -0.2) is 4.79 Å². The number of amides is 1. The molecule has 9 heteroatoms. The van der Waals surface area contributed by atoms with Crippen LogP contribution in [0.4, 0.5) is 0 Å². The molecule has 0 radical (unpaired) electrons. The molecule has 0 aromatic carbocycles. The van der Waals surface area contributed by atoms with Gasteiger partial charge in [-0.05, 0) is 32.8 Å². The molecule has 0 bridgehead atoms. The van der Waals surface area contributed by atoms with Crippen molar-refractivity contribution in [3.05, 3.63) is 27.9 Å². The highest BCUT2D eigenvalue weighted by molar-refractivity contribution is 5.85. The summed E-state index contributed by atoms with van der Waals surface area (Å²) in [6, 6.07) is 1.50. The zero-order valence-electron chi connectivity index (χ0n) is 13.2. The molecular weight excluding hydrogens is 343 g/mol. The summed E-state index contributed by atoms with van der Waals surface area (Å²) in [5, 5.41) is 12.4. The first-order valence-corrected chi connectivity index (χ1v) is 7.15. The smallest absolute Gasteiger partial charge is 0.348 e. The lowest BCUT2D eigenvalue weighted by molar-refractivity contribution is -0.125. The van der Waals surface area contributed by atoms with Crippen LogP contribution in [0, 0.1) is 19.8 Å². The molecule has 23 heavy (non-hydrogen) atoms. The van der Waals surface area contributed by atoms with E-state index in [9.17, 15) is 14.7 Å². The number of halogens is 2. The van der Waals surface area contributed by atoms with Crippen molar-refractivity contribution in [1.82, 2.24) is 14.9 Å². The maximum atomic E-state index is 12.0. The number of carbonyl (C=O) groups excluding carboxylic acids is 1. The number of aryl methyl sites for hydroxylation is 2. The van der Waals surface area contributed by atoms with Crippen LogP contribution in [0.1, 0.15) is 24.2 Å². The Hall–Kier alpha value is -1.15. The zero-order valence-corrected chi connectivity index (χ0v) is 14.8. The fraction of sp³-hybridized carbons (Fsp3) is 0.643. The summed E-state index contributed by atoms with van der Waals surface area (Å²) < 4.78 is 1.53. The highest BCUT2D eigenvalue weighted by atomic mass is 35.5. The second-order valence-electron chi connectivity index (χ2n) is 5.66. The van der Waals surface area contributed by atoms with E-state index < -0.39 is 6.10 Å². The third kappa shape index (κ3) is 5.46. The molecule has 1 aliphatic carbocycles. The van der Waals surface area contributed by atoms with Gasteiger partial charge in [0.1, 0.15) is 0 Å². The number of nitrogens with two attached hydrogens (primary N) is 1. The van der Waals surface area contributed by atoms with Crippen molar-refractivity contribution in [3.63, 3.8) is 0 Å². The van der Waals surface area contributed by atoms with Gasteiger partial charge in [0.2, 0.25) is 5.91 Å². The topological polar surface area (TPSA) is 110 Å². The van der Waals surface area contributed by atoms with Crippen LogP contribution in [-0.4, -0.2) is 39.3 Å². The molecule has 0 spiro atoms. The Kier molecular flexibility index (Phi) is 8.76. The number of hydrogen-bond donors (Lipinski definition) is 3. The molecule has 0 aliphatic heterocycles. The second kappa shape index (κ2) is 9.22. The summed E-state index contributed by atoms with van der Waals surface area (Å²) in [6.45, 7) is 4.34. The van der Waals surface area contributed by atoms with Crippen LogP contribution in [0.25, 0.3) is 0 Å². The van der Waals surface area contributed by atoms with Crippen LogP contribution < -0.4 is 16.7 Å². The Labute approximate surface area is 147 Å². The quantitative estimate of drug-likeness (QED) is 0.690. The van der Waals surface area contributed by atoms with Gasteiger partial charge in [-0.3, -0.25) is 9.36 Å². The number of aliphatic hydroxyl groups excluding tert-OH is 1. The van der Waals surface area contributed by atoms with E-state index in [0.717, 1.165) is 5.69 Å². The molecule has 1 fully saturated rings. The lowest BCUT2D eigenvalue weighted by atomic mass is 10.1. The molecule has 0 saturated heterocycles. The summed E-state index contributed by atoms with van der Waals surface area (Å²) in [7, 11) is 0. The molecule has 4 N–H and O–H groups in total. The van der Waals surface area contributed by atoms with Crippen molar-refractivity contribution in [2.24, 2.45) is 11.7 Å². The number of nitrogens with one attached hydrogen (secondary N) is 1. The summed E-state index contributed by atoms with van der Waals surface area (Å²) in [5.41, 5.74) is 6.90. The van der Waals surface area contributed by atoms with Gasteiger partial charge >= 0.3 is 5.69 Å². The molecular formula is C14H24Cl2N4O3. The average Bonchev–Trinajstić information content (AvgIpc) is 2.72. The lowest BCUT2D eigenvalue weighted by Crippen LogP contribution is -2.35. The summed E-state index contributed by atoms with van der Waals surface area (Å²) >= 11 is 0. The van der Waals surface area contributed by atoms with Crippen molar-refractivity contribution < 1.29 is 9.90 Å². The third-order valence-corrected chi connectivity index (χ3v) is 3.93. The molecule has 7 nitrogen and oxygen atoms in total. The molecule has 1 aromatic heterocycles. The maximum absolute atomic E-state index is 12.0. The van der Waals surface area contributed by atoms with Gasteiger partial charge in [-0.1, -0.05) is 0 Å². The van der Waals surface area contributed by atoms with E-state index in [1.54, 1.807) is 6.92 Å². The van der Waals surface area contributed by atoms with Crippen molar-refractivity contribution >= 4 is 30.7 Å². The van der Waals surface area contributed by atoms with Crippen LogP contribution in [0.3, 0.4) is 0 Å². The van der Waals surface area contributed by atoms with Crippen LogP contribution in [0.2, 0.25) is 0 Å². The number of hydrogen-bond acceptors (Lipinski definition) is 5. The largest absolute Gasteiger partial charge is 0.391 e. The Morgan fingerprint density at radius 3 is 2.61 bits per heavy atom. The highest BCUT2D eigenvalue weighted by Crippen LogP contribution is 2.24. The van der Waals surface area contributed by atoms with Crippen molar-refractivity contribution in [2.45, 2.75) is 45.4 Å². The number of carbonyl (C=O) groups is 1. The Morgan fingerprint density at radius 1 is 1.43 bits per heavy atom. The second-order valence-corrected chi connectivity index (χ2v) is 5.66. The zero-order chi connectivity index (χ0) is 15.6. The molecule has 1 amide bonds. The van der Waals surface area contributed by atoms with E-state index >= 15 is 0 Å². The molecule has 1 aromatic rings. The maximum Gasteiger partial charge on any atom is 0.348 e. The Morgan fingerprint density at radius 2 is 2.09 bits per heavy atom. The molecule has 132 valence electrons. The molecule has 1 aliphatic rings. The summed E-state index contributed by atoms with van der Waals surface area (Å²) in [4.78, 5) is 27.6. The van der Waals surface area contributed by atoms with Crippen molar-refractivity contribution in [3.8, 4) is 0 Å². The van der Waals surface area contributed by atoms with E-state index in [1.807, 2.05) is 13.0 Å². The predicted octanol–water partition coefficient (Wildman–Crippen LogP) is -0.0819. The monoisotopic (exact) mass is 366 g/mol. The van der Waals surface area contributed by atoms with Crippen molar-refractivity contribution in [2.75, 3.05) is 6.54 Å². The van der Waals surface area contributed by atoms with E-state index in [4.69, 9.17) is 5.73 Å². The van der Waals surface area contributed by atoms with Gasteiger partial charge in [0, 0.05) is 36.4 Å². The molecule has 1 heterocycles. The van der Waals surface area contributed by atoms with E-state index in [1.165, 1.54) is 4.57 Å². The number of rotatable bonds is 4. The minimum atomic E-state index is -0.605. The first-order valence-electron chi connectivity index (χ1n) is 7.15. The van der Waals surface area contributed by atoms with Gasteiger partial charge in [-0.2, -0.15) is 4.98 Å². The van der Waals surface area contributed by atoms with Gasteiger partial charge in [0.15, 0.2) is 0 Å². The highest BCUT2D eigenvalue weighted by Gasteiger charge is 2.34. The Balaban J connectivity index is 0.00000242. The number of aromatic nitrogens is 2. The van der Waals surface area contributed by atoms with Gasteiger partial charge in [0.05, 0.1) is 6.10 Å². The standard InChI is InChI=1S/C14H22N4O3.2ClH/c1-8-5-9(2)18(14(21)17-8)4-3-16-13(20)10-6-11(15)12(19)7-10;;/h5,10-12,19H,3-4,6-7,15H2,1-2H3,(H,16,20);2*1H/t10-,11+,12+;;/m0../s1. The van der Waals surface area contributed by atoms with Gasteiger partial charge < -0.3 is 16.2 Å². The number of aliphatic hydroxyl groups is 1. The van der Waals surface area contributed by atoms with E-state index in [-0.39, 0.29) is 48.4 Å². The fourth-order valence-corrected chi connectivity index (χ4v) is 2.74. The van der Waals surface area contributed by atoms with E-state index in [2.05, 4.69) is 10.3 Å². The molecule has 1 saturated carbocycles. The molecule has 2 rings (SSSR count). The Bertz CT molecular complexity index is 584. The normalized spacial score (nSPS) is 22.9. The van der Waals surface area contributed by atoms with Gasteiger partial charge in [-0.15, -0.1) is 24.8 Å². The third-order valence-electron chi connectivity index (χ3n) is 3.93. The van der Waals surface area contributed by atoms with Crippen LogP contribution in [-0.2, 0) is 11.3 Å². The minimum absolute atomic E-state index is 0. The number of nitrogens with zero attached hydrogens (tertiary/aromatic N) is 2. The molecule has 3 atom stereocenters. The summed E-state index contributed by atoms with van der Waals surface area (Å²) in [5.74, 6) is -0.364. The average molecular weight is 367 g/mol. The SMILES string of the molecule is Cc1cc(C)n(CCNC(=O)[C@H]2C[C@@H](N)[C@H](O)C2)c(=O)n1.Cl.Cl. The van der Waals surface area contributed by atoms with Gasteiger partial charge in [0.25, 0.3) is 0 Å². The predicted molar refractivity (Wildman–Crippen MR) is 92.2 cm³/mol. The molecule has 0 unspecified atom stereocenters. The summed E-state index contributed by atoms with van der Waals surface area (Å²) in [6.07, 6.45) is 0.294.